The first kappa shape index (κ1) is 25.9. The second-order valence-corrected chi connectivity index (χ2v) is 8.78. The largest absolute Gasteiger partial charge is 1.00 e. The molecule has 1 fully saturated rings. The van der Waals surface area contributed by atoms with Crippen molar-refractivity contribution in [1.82, 2.24) is 4.90 Å². The molecule has 3 rings (SSSR count). The highest BCUT2D eigenvalue weighted by Crippen LogP contribution is 2.23. The number of nitrogens with zero attached hydrogens (tertiary/aromatic N) is 1. The summed E-state index contributed by atoms with van der Waals surface area (Å²) in [6, 6.07) is 15.1. The Kier molecular flexibility index (Phi) is 9.73. The molecule has 1 heterocycles. The van der Waals surface area contributed by atoms with Crippen LogP contribution in [0.3, 0.4) is 0 Å². The van der Waals surface area contributed by atoms with Crippen LogP contribution in [0, 0.1) is 13.8 Å². The zero-order valence-corrected chi connectivity index (χ0v) is 20.5. The third-order valence-corrected chi connectivity index (χ3v) is 6.53. The first-order chi connectivity index (χ1) is 14.9. The van der Waals surface area contributed by atoms with Crippen LogP contribution < -0.4 is 22.6 Å². The van der Waals surface area contributed by atoms with Crippen molar-refractivity contribution < 1.29 is 26.9 Å². The molecule has 2 N–H and O–H groups in total. The summed E-state index contributed by atoms with van der Waals surface area (Å²) in [5.74, 6) is 0.0943. The van der Waals surface area contributed by atoms with Crippen molar-refractivity contribution >= 4 is 17.5 Å². The van der Waals surface area contributed by atoms with E-state index in [2.05, 4.69) is 42.7 Å². The van der Waals surface area contributed by atoms with Crippen LogP contribution in [0.1, 0.15) is 53.2 Å². The number of nitrogens with one attached hydrogen (secondary N) is 2. The van der Waals surface area contributed by atoms with Crippen molar-refractivity contribution in [3.05, 3.63) is 64.7 Å². The lowest BCUT2D eigenvalue weighted by atomic mass is 9.99. The SMILES string of the molecule is CCC(=O)Nc1cc(C)c(C(=O)N2CCC([NH+](C)CCc3ccccc3)CC2)cc1C.[Cl-]. The van der Waals surface area contributed by atoms with E-state index in [0.29, 0.717) is 12.5 Å². The van der Waals surface area contributed by atoms with Crippen LogP contribution in [0.25, 0.3) is 0 Å². The van der Waals surface area contributed by atoms with E-state index in [1.165, 1.54) is 5.56 Å². The number of benzene rings is 2. The van der Waals surface area contributed by atoms with E-state index in [9.17, 15) is 9.59 Å². The first-order valence-corrected chi connectivity index (χ1v) is 11.5. The molecule has 2 amide bonds. The molecule has 1 aliphatic heterocycles. The number of anilines is 1. The van der Waals surface area contributed by atoms with Crippen molar-refractivity contribution in [3.63, 3.8) is 0 Å². The summed E-state index contributed by atoms with van der Waals surface area (Å²) in [5.41, 5.74) is 4.77. The van der Waals surface area contributed by atoms with Crippen LogP contribution in [0.4, 0.5) is 5.69 Å². The van der Waals surface area contributed by atoms with E-state index in [4.69, 9.17) is 0 Å². The molecular formula is C26H36ClN3O2. The van der Waals surface area contributed by atoms with E-state index in [1.807, 2.05) is 37.8 Å². The Morgan fingerprint density at radius 1 is 1.06 bits per heavy atom. The van der Waals surface area contributed by atoms with Gasteiger partial charge in [-0.25, -0.2) is 0 Å². The Morgan fingerprint density at radius 2 is 1.72 bits per heavy atom. The molecule has 1 atom stereocenters. The third-order valence-electron chi connectivity index (χ3n) is 6.53. The number of aryl methyl sites for hydroxylation is 2. The van der Waals surface area contributed by atoms with Crippen LogP contribution in [-0.2, 0) is 11.2 Å². The highest BCUT2D eigenvalue weighted by atomic mass is 35.5. The molecular weight excluding hydrogens is 422 g/mol. The Labute approximate surface area is 198 Å². The lowest BCUT2D eigenvalue weighted by Crippen LogP contribution is -3.13. The van der Waals surface area contributed by atoms with Gasteiger partial charge in [-0.05, 0) is 42.7 Å². The fourth-order valence-electron chi connectivity index (χ4n) is 4.36. The molecule has 0 bridgehead atoms. The normalized spacial score (nSPS) is 15.1. The molecule has 32 heavy (non-hydrogen) atoms. The van der Waals surface area contributed by atoms with Crippen molar-refractivity contribution in [2.24, 2.45) is 0 Å². The quantitative estimate of drug-likeness (QED) is 0.616. The minimum Gasteiger partial charge on any atom is -1.00 e. The molecule has 2 aromatic rings. The highest BCUT2D eigenvalue weighted by molar-refractivity contribution is 5.98. The van der Waals surface area contributed by atoms with Crippen molar-refractivity contribution in [2.75, 3.05) is 32.0 Å². The fraction of sp³-hybridized carbons (Fsp3) is 0.462. The van der Waals surface area contributed by atoms with Gasteiger partial charge < -0.3 is 27.5 Å². The van der Waals surface area contributed by atoms with E-state index in [1.54, 1.807) is 4.90 Å². The summed E-state index contributed by atoms with van der Waals surface area (Å²) in [6.45, 7) is 8.45. The zero-order valence-electron chi connectivity index (χ0n) is 19.7. The predicted octanol–water partition coefficient (Wildman–Crippen LogP) is 0.0179. The van der Waals surface area contributed by atoms with Gasteiger partial charge in [-0.1, -0.05) is 37.3 Å². The maximum Gasteiger partial charge on any atom is 0.254 e. The van der Waals surface area contributed by atoms with Gasteiger partial charge in [-0.2, -0.15) is 0 Å². The Hall–Kier alpha value is -2.37. The van der Waals surface area contributed by atoms with E-state index < -0.39 is 0 Å². The summed E-state index contributed by atoms with van der Waals surface area (Å²) in [7, 11) is 2.28. The molecule has 1 aliphatic rings. The lowest BCUT2D eigenvalue weighted by Gasteiger charge is -2.35. The van der Waals surface area contributed by atoms with E-state index in [-0.39, 0.29) is 24.2 Å². The van der Waals surface area contributed by atoms with E-state index in [0.717, 1.165) is 61.3 Å². The van der Waals surface area contributed by atoms with Crippen LogP contribution in [0.5, 0.6) is 0 Å². The Bertz CT molecular complexity index is 909. The molecule has 0 saturated carbocycles. The van der Waals surface area contributed by atoms with Crippen LogP contribution in [-0.4, -0.2) is 49.4 Å². The van der Waals surface area contributed by atoms with Crippen molar-refractivity contribution in [3.8, 4) is 0 Å². The number of quaternary nitrogens is 1. The summed E-state index contributed by atoms with van der Waals surface area (Å²) in [4.78, 5) is 28.5. The number of likely N-dealkylation sites (N-methyl/N-ethyl adjacent to an activating group) is 1. The molecule has 0 aliphatic carbocycles. The number of hydrogen-bond donors (Lipinski definition) is 2. The predicted molar refractivity (Wildman–Crippen MR) is 126 cm³/mol. The van der Waals surface area contributed by atoms with Crippen LogP contribution in [0.2, 0.25) is 0 Å². The number of amides is 2. The average molecular weight is 458 g/mol. The molecule has 0 radical (unpaired) electrons. The standard InChI is InChI=1S/C26H35N3O2.ClH/c1-5-25(30)27-24-18-19(2)23(17-20(24)3)26(31)29-15-12-22(13-16-29)28(4)14-11-21-9-7-6-8-10-21;/h6-10,17-18,22H,5,11-16H2,1-4H3,(H,27,30);1H. The number of rotatable bonds is 7. The molecule has 0 aromatic heterocycles. The number of hydrogen-bond acceptors (Lipinski definition) is 2. The number of piperidine rings is 1. The number of halogens is 1. The first-order valence-electron chi connectivity index (χ1n) is 11.5. The molecule has 6 heteroatoms. The number of carbonyl (C=O) groups excluding carboxylic acids is 2. The minimum atomic E-state index is -0.0115. The second kappa shape index (κ2) is 12.0. The second-order valence-electron chi connectivity index (χ2n) is 8.78. The van der Waals surface area contributed by atoms with Gasteiger partial charge >= 0.3 is 0 Å². The maximum absolute atomic E-state index is 13.2. The van der Waals surface area contributed by atoms with Gasteiger partial charge in [0.25, 0.3) is 5.91 Å². The molecule has 5 nitrogen and oxygen atoms in total. The van der Waals surface area contributed by atoms with Gasteiger partial charge in [-0.15, -0.1) is 0 Å². The monoisotopic (exact) mass is 457 g/mol. The molecule has 0 spiro atoms. The average Bonchev–Trinajstić information content (AvgIpc) is 2.79. The Balaban J connectivity index is 0.00000363. The number of carbonyl (C=O) groups is 2. The maximum atomic E-state index is 13.2. The molecule has 2 aromatic carbocycles. The van der Waals surface area contributed by atoms with Gasteiger partial charge in [0.15, 0.2) is 0 Å². The zero-order chi connectivity index (χ0) is 22.4. The fourth-order valence-corrected chi connectivity index (χ4v) is 4.36. The third kappa shape index (κ3) is 6.57. The summed E-state index contributed by atoms with van der Waals surface area (Å²) in [6.07, 6.45) is 3.60. The van der Waals surface area contributed by atoms with Crippen molar-refractivity contribution in [1.29, 1.82) is 0 Å². The van der Waals surface area contributed by atoms with Gasteiger partial charge in [0.1, 0.15) is 0 Å². The topological polar surface area (TPSA) is 53.9 Å². The molecule has 174 valence electrons. The summed E-state index contributed by atoms with van der Waals surface area (Å²) < 4.78 is 0. The Morgan fingerprint density at radius 3 is 2.34 bits per heavy atom. The van der Waals surface area contributed by atoms with Gasteiger partial charge in [0.2, 0.25) is 5.91 Å². The summed E-state index contributed by atoms with van der Waals surface area (Å²) in [5, 5.41) is 2.92. The van der Waals surface area contributed by atoms with Gasteiger partial charge in [0.05, 0.1) is 19.6 Å². The van der Waals surface area contributed by atoms with Crippen molar-refractivity contribution in [2.45, 2.75) is 52.5 Å². The minimum absolute atomic E-state index is 0. The lowest BCUT2D eigenvalue weighted by molar-refractivity contribution is -0.907. The van der Waals surface area contributed by atoms with Crippen LogP contribution in [0.15, 0.2) is 42.5 Å². The number of likely N-dealkylation sites (tertiary alicyclic amines) is 1. The smallest absolute Gasteiger partial charge is 0.254 e. The summed E-state index contributed by atoms with van der Waals surface area (Å²) >= 11 is 0. The van der Waals surface area contributed by atoms with Gasteiger partial charge in [-0.3, -0.25) is 9.59 Å². The van der Waals surface area contributed by atoms with Crippen LogP contribution >= 0.6 is 0 Å². The molecule has 1 saturated heterocycles. The van der Waals surface area contributed by atoms with E-state index >= 15 is 0 Å². The van der Waals surface area contributed by atoms with Gasteiger partial charge in [0, 0.05) is 50.0 Å². The molecule has 1 unspecified atom stereocenters. The highest BCUT2D eigenvalue weighted by Gasteiger charge is 2.29.